The molecule has 0 amide bonds. The van der Waals surface area contributed by atoms with Crippen molar-refractivity contribution in [3.05, 3.63) is 223 Å². The SMILES string of the molecule is CN1C2CCCCC1C2(c1ccccc1)c1cccc(C2(c3ccccc3)C3CCCCC2N3C)c1N1[CH-]N(c2[c-]c(Oc3[c-]c4c(cc3)c3ccccc3n4-c3cc(C(C)(C)C)ccn3)ccc2)c2ccccc21.[Pt]. The molecular weight excluding hydrogens is 1110 g/mol. The minimum atomic E-state index is -0.207. The Labute approximate surface area is 463 Å². The van der Waals surface area contributed by atoms with E-state index in [1.165, 1.54) is 90.6 Å². The molecule has 4 atom stereocenters. The number of likely N-dealkylation sites (tertiary alicyclic amines) is 1. The van der Waals surface area contributed by atoms with Crippen LogP contribution in [0.25, 0.3) is 27.6 Å². The number of para-hydroxylation sites is 4. The van der Waals surface area contributed by atoms with Gasteiger partial charge in [-0.05, 0) is 109 Å². The molecule has 386 valence electrons. The van der Waals surface area contributed by atoms with E-state index in [9.17, 15) is 0 Å². The fourth-order valence-electron chi connectivity index (χ4n) is 15.2. The molecular formula is C68H65N6OPt-3. The Morgan fingerprint density at radius 2 is 1.09 bits per heavy atom. The molecule has 6 heterocycles. The Morgan fingerprint density at radius 3 is 1.70 bits per heavy atom. The maximum absolute atomic E-state index is 6.84. The second-order valence-electron chi connectivity index (χ2n) is 23.1. The Bertz CT molecular complexity index is 3500. The standard InChI is InChI=1S/C68H65N6O.Pt/c1-66(2,3)48-40-41-69-64(42-48)74-56-31-13-12-28-52(56)53-39-38-51(44-59(53)74)75-50-27-20-26-49(43-50)72-45-73(58-33-15-14-32-57(58)72)65-54(67(46-22-8-6-9-23-46)60-34-16-17-35-61(67)70(60)4)29-21-30-55(65)68(47-24-10-7-11-25-47)62-36-18-19-37-63(68)71(62)5;/h6-15,20-33,38-42,45,60-63H,16-19,34-37H2,1-5H3;/q-3;. The minimum Gasteiger partial charge on any atom is -0.509 e. The largest absolute Gasteiger partial charge is 0.509 e. The number of ether oxygens (including phenoxy) is 1. The molecule has 4 unspecified atom stereocenters. The van der Waals surface area contributed by atoms with E-state index < -0.39 is 0 Å². The van der Waals surface area contributed by atoms with E-state index in [1.54, 1.807) is 0 Å². The predicted octanol–water partition coefficient (Wildman–Crippen LogP) is 15.4. The van der Waals surface area contributed by atoms with Crippen molar-refractivity contribution >= 4 is 44.6 Å². The van der Waals surface area contributed by atoms with Gasteiger partial charge in [0.25, 0.3) is 0 Å². The van der Waals surface area contributed by atoms with Crippen molar-refractivity contribution < 1.29 is 25.8 Å². The molecule has 0 spiro atoms. The normalized spacial score (nSPS) is 24.3. The molecule has 7 nitrogen and oxygen atoms in total. The smallest absolute Gasteiger partial charge is 0.135 e. The number of aromatic nitrogens is 2. The summed E-state index contributed by atoms with van der Waals surface area (Å²) in [6.45, 7) is 9.10. The van der Waals surface area contributed by atoms with Crippen LogP contribution in [0.2, 0.25) is 0 Å². The van der Waals surface area contributed by atoms with Crippen molar-refractivity contribution in [3.8, 4) is 17.3 Å². The second-order valence-corrected chi connectivity index (χ2v) is 23.1. The number of hydrogen-bond acceptors (Lipinski definition) is 6. The number of fused-ring (bicyclic) bond motifs is 8. The van der Waals surface area contributed by atoms with Crippen LogP contribution in [-0.2, 0) is 37.3 Å². The third-order valence-corrected chi connectivity index (χ3v) is 18.4. The molecule has 0 radical (unpaired) electrons. The van der Waals surface area contributed by atoms with Crippen LogP contribution < -0.4 is 14.5 Å². The van der Waals surface area contributed by atoms with E-state index in [0.717, 1.165) is 39.0 Å². The number of benzene rings is 7. The van der Waals surface area contributed by atoms with Crippen molar-refractivity contribution in [2.24, 2.45) is 0 Å². The maximum atomic E-state index is 6.84. The van der Waals surface area contributed by atoms with E-state index in [-0.39, 0.29) is 37.3 Å². The Hall–Kier alpha value is -6.50. The van der Waals surface area contributed by atoms with Gasteiger partial charge in [0.05, 0.1) is 10.8 Å². The summed E-state index contributed by atoms with van der Waals surface area (Å²) in [6, 6.07) is 72.0. The predicted molar refractivity (Wildman–Crippen MR) is 305 cm³/mol. The van der Waals surface area contributed by atoms with Crippen molar-refractivity contribution in [2.45, 2.75) is 113 Å². The van der Waals surface area contributed by atoms with Crippen LogP contribution in [-0.4, -0.2) is 57.6 Å². The monoisotopic (exact) mass is 1180 g/mol. The van der Waals surface area contributed by atoms with Gasteiger partial charge < -0.3 is 19.1 Å². The molecule has 5 aliphatic rings. The van der Waals surface area contributed by atoms with Gasteiger partial charge in [0.2, 0.25) is 0 Å². The summed E-state index contributed by atoms with van der Waals surface area (Å²) in [6.07, 6.45) is 11.6. The molecule has 1 saturated carbocycles. The van der Waals surface area contributed by atoms with Gasteiger partial charge in [-0.1, -0.05) is 161 Å². The summed E-state index contributed by atoms with van der Waals surface area (Å²) in [5, 5.41) is 2.25. The first kappa shape index (κ1) is 49.1. The summed E-state index contributed by atoms with van der Waals surface area (Å²) < 4.78 is 9.06. The van der Waals surface area contributed by atoms with E-state index in [4.69, 9.17) is 9.72 Å². The van der Waals surface area contributed by atoms with Crippen LogP contribution in [0.4, 0.5) is 22.7 Å². The van der Waals surface area contributed by atoms with Gasteiger partial charge in [-0.25, -0.2) is 4.98 Å². The summed E-state index contributed by atoms with van der Waals surface area (Å²) in [5.41, 5.74) is 13.1. The fraction of sp³-hybridized carbons (Fsp3) is 0.294. The zero-order valence-electron chi connectivity index (χ0n) is 44.2. The van der Waals surface area contributed by atoms with Crippen LogP contribution in [0, 0.1) is 18.8 Å². The molecule has 4 bridgehead atoms. The number of anilines is 4. The van der Waals surface area contributed by atoms with Crippen LogP contribution in [0.15, 0.2) is 176 Å². The Kier molecular flexibility index (Phi) is 12.2. The number of hydrogen-bond donors (Lipinski definition) is 0. The molecule has 4 fully saturated rings. The molecule has 76 heavy (non-hydrogen) atoms. The third-order valence-electron chi connectivity index (χ3n) is 18.4. The van der Waals surface area contributed by atoms with Crippen molar-refractivity contribution in [3.63, 3.8) is 0 Å². The third kappa shape index (κ3) is 7.28. The van der Waals surface area contributed by atoms with E-state index in [1.807, 2.05) is 18.3 Å². The first-order valence-corrected chi connectivity index (χ1v) is 27.5. The summed E-state index contributed by atoms with van der Waals surface area (Å²) in [7, 11) is 4.80. The number of pyridine rings is 1. The first-order chi connectivity index (χ1) is 36.7. The number of rotatable bonds is 9. The van der Waals surface area contributed by atoms with Crippen LogP contribution in [0.5, 0.6) is 11.5 Å². The van der Waals surface area contributed by atoms with Crippen LogP contribution >= 0.6 is 0 Å². The molecule has 8 heteroatoms. The Morgan fingerprint density at radius 1 is 0.553 bits per heavy atom. The van der Waals surface area contributed by atoms with E-state index >= 15 is 0 Å². The quantitative estimate of drug-likeness (QED) is 0.134. The molecule has 1 aliphatic carbocycles. The molecule has 3 saturated heterocycles. The van der Waals surface area contributed by atoms with E-state index in [0.29, 0.717) is 35.7 Å². The van der Waals surface area contributed by atoms with Crippen molar-refractivity contribution in [1.82, 2.24) is 19.4 Å². The van der Waals surface area contributed by atoms with Gasteiger partial charge in [-0.3, -0.25) is 9.80 Å². The molecule has 7 aromatic carbocycles. The van der Waals surface area contributed by atoms with Gasteiger partial charge in [0.1, 0.15) is 5.82 Å². The topological polar surface area (TPSA) is 40.0 Å². The summed E-state index contributed by atoms with van der Waals surface area (Å²) >= 11 is 0. The average Bonchev–Trinajstić information content (AvgIpc) is 3.55. The molecule has 9 aromatic rings. The van der Waals surface area contributed by atoms with Crippen LogP contribution in [0.3, 0.4) is 0 Å². The summed E-state index contributed by atoms with van der Waals surface area (Å²) in [4.78, 5) is 15.3. The fourth-order valence-corrected chi connectivity index (χ4v) is 15.2. The average molecular weight is 1180 g/mol. The maximum Gasteiger partial charge on any atom is 0.135 e. The van der Waals surface area contributed by atoms with Gasteiger partial charge >= 0.3 is 0 Å². The molecule has 2 aromatic heterocycles. The van der Waals surface area contributed by atoms with Crippen molar-refractivity contribution in [1.29, 1.82) is 0 Å². The van der Waals surface area contributed by atoms with Gasteiger partial charge in [-0.2, -0.15) is 12.1 Å². The van der Waals surface area contributed by atoms with Gasteiger partial charge in [-0.15, -0.1) is 48.1 Å². The zero-order valence-corrected chi connectivity index (χ0v) is 46.5. The minimum absolute atomic E-state index is 0. The van der Waals surface area contributed by atoms with Gasteiger partial charge in [0, 0.05) is 85.5 Å². The zero-order chi connectivity index (χ0) is 50.6. The number of nitrogens with zero attached hydrogens (tertiary/aromatic N) is 6. The van der Waals surface area contributed by atoms with Gasteiger partial charge in [0.15, 0.2) is 0 Å². The number of likely N-dealkylation sites (N-methyl/N-ethyl adjacent to an activating group) is 2. The molecule has 4 aliphatic heterocycles. The van der Waals surface area contributed by atoms with Crippen LogP contribution in [0.1, 0.15) is 100.0 Å². The van der Waals surface area contributed by atoms with Crippen molar-refractivity contribution in [2.75, 3.05) is 23.9 Å². The second kappa shape index (κ2) is 18.9. The summed E-state index contributed by atoms with van der Waals surface area (Å²) in [5.74, 6) is 2.11. The van der Waals surface area contributed by atoms with E-state index in [2.05, 4.69) is 236 Å². The molecule has 14 rings (SSSR count). The first-order valence-electron chi connectivity index (χ1n) is 27.5. The molecule has 0 N–H and O–H groups in total. The Balaban J connectivity index is 0.00000553.